The molecule has 0 spiro atoms. The number of fused-ring (bicyclic) bond motifs is 2. The van der Waals surface area contributed by atoms with E-state index < -0.39 is 0 Å². The second-order valence-electron chi connectivity index (χ2n) is 8.42. The van der Waals surface area contributed by atoms with E-state index in [0.717, 1.165) is 37.2 Å². The topological polar surface area (TPSA) is 36.4 Å². The first-order chi connectivity index (χ1) is 13.7. The van der Waals surface area contributed by atoms with Crippen molar-refractivity contribution >= 4 is 5.91 Å². The normalized spacial score (nSPS) is 31.0. The molecule has 2 bridgehead atoms. The van der Waals surface area contributed by atoms with Gasteiger partial charge in [-0.05, 0) is 67.6 Å². The first-order valence-electron chi connectivity index (χ1n) is 10.4. The highest BCUT2D eigenvalue weighted by molar-refractivity contribution is 5.77. The van der Waals surface area contributed by atoms with Crippen LogP contribution in [0.25, 0.3) is 0 Å². The van der Waals surface area contributed by atoms with Crippen molar-refractivity contribution in [2.45, 2.75) is 43.7 Å². The van der Waals surface area contributed by atoms with Crippen LogP contribution in [-0.2, 0) is 11.2 Å². The third kappa shape index (κ3) is 3.12. The van der Waals surface area contributed by atoms with Crippen LogP contribution in [0.5, 0.6) is 0 Å². The number of piperidine rings is 3. The summed E-state index contributed by atoms with van der Waals surface area (Å²) in [5.74, 6) is 0.921. The Morgan fingerprint density at radius 1 is 1.11 bits per heavy atom. The third-order valence-electron chi connectivity index (χ3n) is 6.96. The van der Waals surface area contributed by atoms with Gasteiger partial charge in [0, 0.05) is 37.3 Å². The van der Waals surface area contributed by atoms with Crippen LogP contribution in [0.4, 0.5) is 4.39 Å². The van der Waals surface area contributed by atoms with E-state index in [4.69, 9.17) is 0 Å². The number of aryl methyl sites for hydroxylation is 1. The van der Waals surface area contributed by atoms with Gasteiger partial charge in [0.2, 0.25) is 5.91 Å². The van der Waals surface area contributed by atoms with Crippen molar-refractivity contribution in [1.82, 2.24) is 14.8 Å². The number of carbonyl (C=O) groups is 1. The van der Waals surface area contributed by atoms with Crippen LogP contribution in [0.3, 0.4) is 0 Å². The molecule has 4 nitrogen and oxygen atoms in total. The fraction of sp³-hybridized carbons (Fsp3) is 0.478. The van der Waals surface area contributed by atoms with Crippen LogP contribution in [0, 0.1) is 11.7 Å². The van der Waals surface area contributed by atoms with Gasteiger partial charge in [0.25, 0.3) is 0 Å². The van der Waals surface area contributed by atoms with Crippen LogP contribution < -0.4 is 0 Å². The number of rotatable bonds is 4. The van der Waals surface area contributed by atoms with E-state index in [1.54, 1.807) is 18.3 Å². The highest BCUT2D eigenvalue weighted by Crippen LogP contribution is 2.46. The molecule has 28 heavy (non-hydrogen) atoms. The van der Waals surface area contributed by atoms with E-state index in [0.29, 0.717) is 24.4 Å². The second kappa shape index (κ2) is 7.28. The SMILES string of the molecule is O=C(CCc1cccnc1)N1C[C@@H](c2ccc(F)cc2)[C@@H]2[C@H]1C1CCN2CC1. The lowest BCUT2D eigenvalue weighted by atomic mass is 9.75. The molecule has 4 aliphatic rings. The molecule has 146 valence electrons. The third-order valence-corrected chi connectivity index (χ3v) is 6.96. The molecule has 4 saturated heterocycles. The lowest BCUT2D eigenvalue weighted by Gasteiger charge is -2.51. The van der Waals surface area contributed by atoms with E-state index >= 15 is 0 Å². The van der Waals surface area contributed by atoms with Gasteiger partial charge in [-0.3, -0.25) is 14.7 Å². The van der Waals surface area contributed by atoms with Gasteiger partial charge in [-0.15, -0.1) is 0 Å². The highest BCUT2D eigenvalue weighted by atomic mass is 19.1. The quantitative estimate of drug-likeness (QED) is 0.818. The summed E-state index contributed by atoms with van der Waals surface area (Å²) in [6.45, 7) is 3.00. The molecule has 0 radical (unpaired) electrons. The van der Waals surface area contributed by atoms with Gasteiger partial charge in [-0.25, -0.2) is 4.39 Å². The lowest BCUT2D eigenvalue weighted by Crippen LogP contribution is -2.60. The Kier molecular flexibility index (Phi) is 4.63. The number of nitrogens with zero attached hydrogens (tertiary/aromatic N) is 3. The predicted octanol–water partition coefficient (Wildman–Crippen LogP) is 3.24. The van der Waals surface area contributed by atoms with E-state index in [1.165, 1.54) is 12.8 Å². The van der Waals surface area contributed by atoms with Gasteiger partial charge in [0.1, 0.15) is 5.82 Å². The van der Waals surface area contributed by atoms with E-state index in [1.807, 2.05) is 30.5 Å². The molecule has 5 heteroatoms. The zero-order valence-electron chi connectivity index (χ0n) is 16.0. The average Bonchev–Trinajstić information content (AvgIpc) is 3.17. The number of hydrogen-bond donors (Lipinski definition) is 0. The van der Waals surface area contributed by atoms with Crippen molar-refractivity contribution in [1.29, 1.82) is 0 Å². The average molecular weight is 379 g/mol. The molecule has 1 aromatic carbocycles. The number of aromatic nitrogens is 1. The molecule has 0 aliphatic carbocycles. The smallest absolute Gasteiger partial charge is 0.223 e. The maximum Gasteiger partial charge on any atom is 0.223 e. The van der Waals surface area contributed by atoms with E-state index in [2.05, 4.69) is 14.8 Å². The van der Waals surface area contributed by atoms with Crippen molar-refractivity contribution in [2.24, 2.45) is 5.92 Å². The molecule has 0 saturated carbocycles. The van der Waals surface area contributed by atoms with Gasteiger partial charge in [0.05, 0.1) is 6.04 Å². The Hall–Kier alpha value is -2.27. The molecule has 1 aromatic heterocycles. The molecule has 0 N–H and O–H groups in total. The molecule has 0 unspecified atom stereocenters. The fourth-order valence-corrected chi connectivity index (χ4v) is 5.65. The molecule has 4 fully saturated rings. The predicted molar refractivity (Wildman–Crippen MR) is 105 cm³/mol. The van der Waals surface area contributed by atoms with Gasteiger partial charge >= 0.3 is 0 Å². The molecule has 2 aromatic rings. The first-order valence-corrected chi connectivity index (χ1v) is 10.4. The van der Waals surface area contributed by atoms with Gasteiger partial charge in [-0.1, -0.05) is 18.2 Å². The van der Waals surface area contributed by atoms with Crippen LogP contribution in [0.2, 0.25) is 0 Å². The van der Waals surface area contributed by atoms with Gasteiger partial charge in [-0.2, -0.15) is 0 Å². The maximum atomic E-state index is 13.4. The number of amides is 1. The number of halogens is 1. The van der Waals surface area contributed by atoms with Crippen molar-refractivity contribution in [3.05, 3.63) is 65.7 Å². The summed E-state index contributed by atoms with van der Waals surface area (Å²) in [5, 5.41) is 0. The largest absolute Gasteiger partial charge is 0.337 e. The van der Waals surface area contributed by atoms with Crippen molar-refractivity contribution in [3.8, 4) is 0 Å². The number of benzene rings is 1. The van der Waals surface area contributed by atoms with Crippen molar-refractivity contribution in [3.63, 3.8) is 0 Å². The Morgan fingerprint density at radius 2 is 1.89 bits per heavy atom. The van der Waals surface area contributed by atoms with Crippen LogP contribution in [0.15, 0.2) is 48.8 Å². The molecule has 3 atom stereocenters. The number of hydrogen-bond acceptors (Lipinski definition) is 3. The molecule has 6 rings (SSSR count). The Balaban J connectivity index is 1.38. The highest BCUT2D eigenvalue weighted by Gasteiger charge is 2.54. The summed E-state index contributed by atoms with van der Waals surface area (Å²) in [4.78, 5) is 22.1. The Bertz CT molecular complexity index is 833. The second-order valence-corrected chi connectivity index (χ2v) is 8.42. The standard InChI is InChI=1S/C23H26FN3O/c24-19-6-4-17(5-7-19)20-15-27(21(28)8-3-16-2-1-11-25-14-16)22-18-9-12-26(13-10-18)23(20)22/h1-2,4-7,11,14,18,20,22-23H,3,8-10,12-13,15H2/t20-,22+,23+/m0/s1. The monoisotopic (exact) mass is 379 g/mol. The van der Waals surface area contributed by atoms with Gasteiger partial charge in [0.15, 0.2) is 0 Å². The van der Waals surface area contributed by atoms with Gasteiger partial charge < -0.3 is 4.90 Å². The maximum absolute atomic E-state index is 13.4. The first kappa shape index (κ1) is 17.8. The summed E-state index contributed by atoms with van der Waals surface area (Å²) in [6.07, 6.45) is 7.23. The summed E-state index contributed by atoms with van der Waals surface area (Å²) in [7, 11) is 0. The summed E-state index contributed by atoms with van der Waals surface area (Å²) in [6, 6.07) is 11.5. The summed E-state index contributed by atoms with van der Waals surface area (Å²) >= 11 is 0. The van der Waals surface area contributed by atoms with E-state index in [9.17, 15) is 9.18 Å². The number of pyridine rings is 1. The fourth-order valence-electron chi connectivity index (χ4n) is 5.65. The molecule has 1 amide bonds. The minimum absolute atomic E-state index is 0.201. The minimum atomic E-state index is -0.201. The molecular weight excluding hydrogens is 353 g/mol. The summed E-state index contributed by atoms with van der Waals surface area (Å²) in [5.41, 5.74) is 2.27. The van der Waals surface area contributed by atoms with Crippen molar-refractivity contribution < 1.29 is 9.18 Å². The Morgan fingerprint density at radius 3 is 2.61 bits per heavy atom. The summed E-state index contributed by atoms with van der Waals surface area (Å²) < 4.78 is 13.4. The number of carbonyl (C=O) groups excluding carboxylic acids is 1. The Labute approximate surface area is 165 Å². The van der Waals surface area contributed by atoms with Crippen LogP contribution >= 0.6 is 0 Å². The van der Waals surface area contributed by atoms with Crippen molar-refractivity contribution in [2.75, 3.05) is 19.6 Å². The van der Waals surface area contributed by atoms with Crippen LogP contribution in [-0.4, -0.2) is 52.4 Å². The molecular formula is C23H26FN3O. The lowest BCUT2D eigenvalue weighted by molar-refractivity contribution is -0.135. The van der Waals surface area contributed by atoms with E-state index in [-0.39, 0.29) is 17.6 Å². The number of likely N-dealkylation sites (tertiary alicyclic amines) is 1. The van der Waals surface area contributed by atoms with Crippen LogP contribution in [0.1, 0.15) is 36.3 Å². The zero-order chi connectivity index (χ0) is 19.1. The molecule has 4 aliphatic heterocycles. The minimum Gasteiger partial charge on any atom is -0.337 e. The zero-order valence-corrected chi connectivity index (χ0v) is 16.0. The molecule has 5 heterocycles.